The fraction of sp³-hybridized carbons (Fsp3) is 0.500. The zero-order valence-corrected chi connectivity index (χ0v) is 18.6. The third-order valence-electron chi connectivity index (χ3n) is 5.98. The van der Waals surface area contributed by atoms with Gasteiger partial charge in [0.15, 0.2) is 0 Å². The second-order valence-corrected chi connectivity index (χ2v) is 10.1. The van der Waals surface area contributed by atoms with Crippen LogP contribution in [0.5, 0.6) is 0 Å². The normalized spacial score (nSPS) is 26.5. The van der Waals surface area contributed by atoms with Gasteiger partial charge >= 0.3 is 0 Å². The Bertz CT molecular complexity index is 867. The third-order valence-corrected chi connectivity index (χ3v) is 7.74. The van der Waals surface area contributed by atoms with Crippen molar-refractivity contribution < 1.29 is 14.9 Å². The van der Waals surface area contributed by atoms with E-state index in [2.05, 4.69) is 44.2 Å². The van der Waals surface area contributed by atoms with Crippen LogP contribution in [-0.4, -0.2) is 34.3 Å². The maximum atomic E-state index is 10.3. The lowest BCUT2D eigenvalue weighted by molar-refractivity contribution is -0.114. The number of aliphatic hydroxyl groups is 2. The topological polar surface area (TPSA) is 49.7 Å². The highest BCUT2D eigenvalue weighted by atomic mass is 35.5. The van der Waals surface area contributed by atoms with Crippen LogP contribution >= 0.6 is 23.4 Å². The molecule has 1 saturated heterocycles. The molecule has 2 aromatic carbocycles. The van der Waals surface area contributed by atoms with Crippen molar-refractivity contribution in [1.29, 1.82) is 0 Å². The lowest BCUT2D eigenvalue weighted by Crippen LogP contribution is -2.33. The summed E-state index contributed by atoms with van der Waals surface area (Å²) in [6, 6.07) is 10.9. The molecular weight excluding hydrogens is 404 g/mol. The van der Waals surface area contributed by atoms with Crippen LogP contribution in [-0.2, 0) is 24.0 Å². The van der Waals surface area contributed by atoms with Crippen LogP contribution in [0.15, 0.2) is 35.2 Å². The van der Waals surface area contributed by atoms with E-state index in [1.807, 2.05) is 11.8 Å². The van der Waals surface area contributed by atoms with Crippen molar-refractivity contribution in [3.8, 4) is 0 Å². The SMILES string of the molecule is CCc1ccc(Cc2cc(C3CC(O)CC(CO)O3)c3c(c2Cl)CC(C)S3)cc1. The van der Waals surface area contributed by atoms with E-state index in [0.717, 1.165) is 35.4 Å². The fourth-order valence-corrected chi connectivity index (χ4v) is 6.08. The van der Waals surface area contributed by atoms with Gasteiger partial charge < -0.3 is 14.9 Å². The first kappa shape index (κ1) is 21.2. The number of aryl methyl sites for hydroxylation is 1. The van der Waals surface area contributed by atoms with E-state index in [4.69, 9.17) is 16.3 Å². The molecule has 4 rings (SSSR count). The number of benzene rings is 2. The van der Waals surface area contributed by atoms with Gasteiger partial charge in [-0.1, -0.05) is 55.8 Å². The van der Waals surface area contributed by atoms with Crippen LogP contribution < -0.4 is 0 Å². The Kier molecular flexibility index (Phi) is 6.57. The lowest BCUT2D eigenvalue weighted by Gasteiger charge is -2.33. The van der Waals surface area contributed by atoms with E-state index in [9.17, 15) is 10.2 Å². The standard InChI is InChI=1S/C24H29ClO3S/c1-3-15-4-6-16(7-5-15)9-17-10-20(22-12-18(27)11-19(13-26)28-22)24-21(23(17)25)8-14(2)29-24/h4-7,10,14,18-19,22,26-27H,3,8-9,11-13H2,1-2H3. The van der Waals surface area contributed by atoms with Crippen molar-refractivity contribution in [2.75, 3.05) is 6.61 Å². The summed E-state index contributed by atoms with van der Waals surface area (Å²) in [5.74, 6) is 0. The summed E-state index contributed by atoms with van der Waals surface area (Å²) >= 11 is 8.73. The molecule has 0 amide bonds. The quantitative estimate of drug-likeness (QED) is 0.689. The third kappa shape index (κ3) is 4.52. The molecule has 5 heteroatoms. The zero-order valence-electron chi connectivity index (χ0n) is 17.0. The predicted molar refractivity (Wildman–Crippen MR) is 119 cm³/mol. The molecule has 1 fully saturated rings. The van der Waals surface area contributed by atoms with Gasteiger partial charge in [-0.15, -0.1) is 11.8 Å². The minimum Gasteiger partial charge on any atom is -0.394 e. The minimum absolute atomic E-state index is 0.0660. The monoisotopic (exact) mass is 432 g/mol. The molecule has 2 aliphatic rings. The van der Waals surface area contributed by atoms with Crippen LogP contribution in [0, 0.1) is 0 Å². The van der Waals surface area contributed by atoms with Gasteiger partial charge in [-0.25, -0.2) is 0 Å². The first-order valence-corrected chi connectivity index (χ1v) is 11.8. The molecule has 4 atom stereocenters. The van der Waals surface area contributed by atoms with Crippen LogP contribution in [0.3, 0.4) is 0 Å². The van der Waals surface area contributed by atoms with E-state index >= 15 is 0 Å². The number of fused-ring (bicyclic) bond motifs is 1. The highest BCUT2D eigenvalue weighted by Crippen LogP contribution is 2.48. The molecule has 2 N–H and O–H groups in total. The van der Waals surface area contributed by atoms with Gasteiger partial charge in [0.25, 0.3) is 0 Å². The van der Waals surface area contributed by atoms with Crippen molar-refractivity contribution >= 4 is 23.4 Å². The molecule has 29 heavy (non-hydrogen) atoms. The molecule has 0 saturated carbocycles. The van der Waals surface area contributed by atoms with E-state index in [1.165, 1.54) is 21.6 Å². The number of thioether (sulfide) groups is 1. The van der Waals surface area contributed by atoms with Crippen LogP contribution in [0.25, 0.3) is 0 Å². The number of hydrogen-bond donors (Lipinski definition) is 2. The van der Waals surface area contributed by atoms with Crippen molar-refractivity contribution in [3.63, 3.8) is 0 Å². The van der Waals surface area contributed by atoms with E-state index < -0.39 is 6.10 Å². The van der Waals surface area contributed by atoms with Crippen molar-refractivity contribution in [2.45, 2.75) is 74.4 Å². The Balaban J connectivity index is 1.71. The second kappa shape index (κ2) is 8.99. The molecule has 2 aromatic rings. The van der Waals surface area contributed by atoms with Gasteiger partial charge in [0, 0.05) is 28.0 Å². The summed E-state index contributed by atoms with van der Waals surface area (Å²) in [6.07, 6.45) is 2.84. The summed E-state index contributed by atoms with van der Waals surface area (Å²) in [7, 11) is 0. The van der Waals surface area contributed by atoms with Gasteiger partial charge in [-0.2, -0.15) is 0 Å². The maximum Gasteiger partial charge on any atom is 0.0865 e. The van der Waals surface area contributed by atoms with Gasteiger partial charge in [0.05, 0.1) is 24.9 Å². The Morgan fingerprint density at radius 1 is 1.17 bits per heavy atom. The van der Waals surface area contributed by atoms with Crippen LogP contribution in [0.1, 0.15) is 60.6 Å². The molecule has 4 unspecified atom stereocenters. The maximum absolute atomic E-state index is 10.3. The Hall–Kier alpha value is -1.04. The van der Waals surface area contributed by atoms with E-state index in [0.29, 0.717) is 18.1 Å². The molecule has 0 radical (unpaired) electrons. The Labute approximate surface area is 182 Å². The van der Waals surface area contributed by atoms with Crippen molar-refractivity contribution in [3.05, 3.63) is 63.2 Å². The molecule has 0 aliphatic carbocycles. The average molecular weight is 433 g/mol. The molecule has 0 aromatic heterocycles. The average Bonchev–Trinajstić information content (AvgIpc) is 3.12. The Morgan fingerprint density at radius 3 is 2.59 bits per heavy atom. The highest BCUT2D eigenvalue weighted by molar-refractivity contribution is 8.00. The largest absolute Gasteiger partial charge is 0.394 e. The first-order chi connectivity index (χ1) is 14.0. The zero-order chi connectivity index (χ0) is 20.5. The summed E-state index contributed by atoms with van der Waals surface area (Å²) < 4.78 is 6.16. The molecule has 0 spiro atoms. The fourth-order valence-electron chi connectivity index (χ4n) is 4.42. The number of rotatable bonds is 5. The Morgan fingerprint density at radius 2 is 1.90 bits per heavy atom. The summed E-state index contributed by atoms with van der Waals surface area (Å²) in [5.41, 5.74) is 6.02. The van der Waals surface area contributed by atoms with Crippen molar-refractivity contribution in [2.24, 2.45) is 0 Å². The van der Waals surface area contributed by atoms with Gasteiger partial charge in [0.1, 0.15) is 0 Å². The lowest BCUT2D eigenvalue weighted by atomic mass is 9.91. The summed E-state index contributed by atoms with van der Waals surface area (Å²) in [4.78, 5) is 1.21. The summed E-state index contributed by atoms with van der Waals surface area (Å²) in [6.45, 7) is 4.32. The molecule has 2 heterocycles. The second-order valence-electron chi connectivity index (χ2n) is 8.28. The number of hydrogen-bond acceptors (Lipinski definition) is 4. The molecule has 156 valence electrons. The predicted octanol–water partition coefficient (Wildman–Crippen LogP) is 5.10. The number of ether oxygens (including phenoxy) is 1. The van der Waals surface area contributed by atoms with Crippen molar-refractivity contribution in [1.82, 2.24) is 0 Å². The molecule has 2 aliphatic heterocycles. The van der Waals surface area contributed by atoms with E-state index in [1.54, 1.807) is 0 Å². The summed E-state index contributed by atoms with van der Waals surface area (Å²) in [5, 5.41) is 21.3. The van der Waals surface area contributed by atoms with Gasteiger partial charge in [-0.05, 0) is 47.1 Å². The van der Waals surface area contributed by atoms with Crippen LogP contribution in [0.2, 0.25) is 5.02 Å². The van der Waals surface area contributed by atoms with Gasteiger partial charge in [-0.3, -0.25) is 0 Å². The highest BCUT2D eigenvalue weighted by Gasteiger charge is 2.34. The number of aliphatic hydroxyl groups excluding tert-OH is 2. The molecular formula is C24H29ClO3S. The smallest absolute Gasteiger partial charge is 0.0865 e. The minimum atomic E-state index is -0.453. The first-order valence-electron chi connectivity index (χ1n) is 10.5. The number of halogens is 1. The van der Waals surface area contributed by atoms with E-state index in [-0.39, 0.29) is 18.8 Å². The van der Waals surface area contributed by atoms with Gasteiger partial charge in [0.2, 0.25) is 0 Å². The van der Waals surface area contributed by atoms with Crippen LogP contribution in [0.4, 0.5) is 0 Å². The molecule has 0 bridgehead atoms. The molecule has 3 nitrogen and oxygen atoms in total.